The Kier molecular flexibility index (Phi) is 5.13. The first-order valence-corrected chi connectivity index (χ1v) is 8.19. The lowest BCUT2D eigenvalue weighted by atomic mass is 10.2. The van der Waals surface area contributed by atoms with Crippen LogP contribution in [0, 0.1) is 5.82 Å². The summed E-state index contributed by atoms with van der Waals surface area (Å²) in [4.78, 5) is 16.2. The highest BCUT2D eigenvalue weighted by atomic mass is 32.1. The van der Waals surface area contributed by atoms with E-state index in [2.05, 4.69) is 4.98 Å². The van der Waals surface area contributed by atoms with Crippen molar-refractivity contribution in [2.75, 3.05) is 0 Å². The van der Waals surface area contributed by atoms with E-state index in [1.165, 1.54) is 29.6 Å². The molecular weight excluding hydrogens is 325 g/mol. The van der Waals surface area contributed by atoms with Crippen molar-refractivity contribution in [2.45, 2.75) is 6.61 Å². The highest BCUT2D eigenvalue weighted by Crippen LogP contribution is 2.23. The van der Waals surface area contributed by atoms with E-state index in [0.29, 0.717) is 11.3 Å². The van der Waals surface area contributed by atoms with E-state index >= 15 is 0 Å². The van der Waals surface area contributed by atoms with Crippen LogP contribution in [0.2, 0.25) is 0 Å². The molecule has 5 heteroatoms. The van der Waals surface area contributed by atoms with Gasteiger partial charge in [-0.1, -0.05) is 48.5 Å². The fourth-order valence-electron chi connectivity index (χ4n) is 2.05. The van der Waals surface area contributed by atoms with Crippen molar-refractivity contribution in [1.82, 2.24) is 4.98 Å². The molecule has 120 valence electrons. The SMILES string of the molecule is O=C(C=Cc1ccccc1F)OCc1csc(-c2ccccc2)n1. The van der Waals surface area contributed by atoms with Crippen LogP contribution in [0.4, 0.5) is 4.39 Å². The lowest BCUT2D eigenvalue weighted by molar-refractivity contribution is -0.139. The van der Waals surface area contributed by atoms with Crippen LogP contribution in [0.1, 0.15) is 11.3 Å². The highest BCUT2D eigenvalue weighted by Gasteiger charge is 2.06. The average Bonchev–Trinajstić information content (AvgIpc) is 3.09. The quantitative estimate of drug-likeness (QED) is 0.499. The van der Waals surface area contributed by atoms with Crippen molar-refractivity contribution in [1.29, 1.82) is 0 Å². The van der Waals surface area contributed by atoms with E-state index < -0.39 is 5.97 Å². The van der Waals surface area contributed by atoms with Gasteiger partial charge in [0.25, 0.3) is 0 Å². The first-order chi connectivity index (χ1) is 11.7. The number of nitrogens with zero attached hydrogens (tertiary/aromatic N) is 1. The van der Waals surface area contributed by atoms with Crippen molar-refractivity contribution >= 4 is 23.4 Å². The summed E-state index contributed by atoms with van der Waals surface area (Å²) in [5.74, 6) is -0.916. The molecule has 0 aliphatic rings. The number of benzene rings is 2. The maximum Gasteiger partial charge on any atom is 0.331 e. The summed E-state index contributed by atoms with van der Waals surface area (Å²) in [6.07, 6.45) is 2.61. The third-order valence-electron chi connectivity index (χ3n) is 3.24. The summed E-state index contributed by atoms with van der Waals surface area (Å²) >= 11 is 1.50. The molecule has 0 unspecified atom stereocenters. The van der Waals surface area contributed by atoms with Gasteiger partial charge in [0.15, 0.2) is 0 Å². The summed E-state index contributed by atoms with van der Waals surface area (Å²) < 4.78 is 18.6. The van der Waals surface area contributed by atoms with Crippen LogP contribution in [0.15, 0.2) is 66.1 Å². The predicted molar refractivity (Wildman–Crippen MR) is 92.8 cm³/mol. The van der Waals surface area contributed by atoms with Gasteiger partial charge in [-0.2, -0.15) is 0 Å². The number of hydrogen-bond donors (Lipinski definition) is 0. The van der Waals surface area contributed by atoms with Crippen molar-refractivity contribution in [3.05, 3.63) is 83.1 Å². The van der Waals surface area contributed by atoms with Crippen LogP contribution < -0.4 is 0 Å². The van der Waals surface area contributed by atoms with E-state index in [4.69, 9.17) is 4.74 Å². The van der Waals surface area contributed by atoms with Gasteiger partial charge in [0.2, 0.25) is 0 Å². The van der Waals surface area contributed by atoms with Crippen molar-refractivity contribution in [3.63, 3.8) is 0 Å². The number of rotatable bonds is 5. The summed E-state index contributed by atoms with van der Waals surface area (Å²) in [6.45, 7) is 0.0871. The van der Waals surface area contributed by atoms with Crippen LogP contribution in [0.3, 0.4) is 0 Å². The highest BCUT2D eigenvalue weighted by molar-refractivity contribution is 7.13. The zero-order valence-electron chi connectivity index (χ0n) is 12.7. The van der Waals surface area contributed by atoms with Crippen LogP contribution in [0.5, 0.6) is 0 Å². The number of hydrogen-bond acceptors (Lipinski definition) is 4. The Labute approximate surface area is 143 Å². The molecular formula is C19H14FNO2S. The van der Waals surface area contributed by atoms with Gasteiger partial charge in [-0.3, -0.25) is 0 Å². The smallest absolute Gasteiger partial charge is 0.331 e. The summed E-state index contributed by atoms with van der Waals surface area (Å²) in [6, 6.07) is 16.0. The summed E-state index contributed by atoms with van der Waals surface area (Å²) in [5, 5.41) is 2.74. The Morgan fingerprint density at radius 2 is 1.88 bits per heavy atom. The molecule has 1 aromatic heterocycles. The van der Waals surface area contributed by atoms with Crippen LogP contribution in [0.25, 0.3) is 16.6 Å². The van der Waals surface area contributed by atoms with Crippen LogP contribution in [-0.2, 0) is 16.1 Å². The fraction of sp³-hybridized carbons (Fsp3) is 0.0526. The van der Waals surface area contributed by atoms with Crippen molar-refractivity contribution in [2.24, 2.45) is 0 Å². The molecule has 3 aromatic rings. The second-order valence-electron chi connectivity index (χ2n) is 4.97. The number of carbonyl (C=O) groups is 1. The maximum absolute atomic E-state index is 13.4. The number of aromatic nitrogens is 1. The topological polar surface area (TPSA) is 39.2 Å². The molecule has 0 fully saturated rings. The third kappa shape index (κ3) is 4.14. The van der Waals surface area contributed by atoms with Gasteiger partial charge in [-0.15, -0.1) is 11.3 Å². The van der Waals surface area contributed by atoms with E-state index in [1.54, 1.807) is 18.2 Å². The van der Waals surface area contributed by atoms with E-state index in [0.717, 1.165) is 10.6 Å². The minimum atomic E-state index is -0.535. The number of carbonyl (C=O) groups excluding carboxylic acids is 1. The molecule has 0 saturated carbocycles. The Bertz CT molecular complexity index is 859. The van der Waals surface area contributed by atoms with Gasteiger partial charge in [0.1, 0.15) is 17.4 Å². The van der Waals surface area contributed by atoms with Crippen LogP contribution in [-0.4, -0.2) is 11.0 Å². The summed E-state index contributed by atoms with van der Waals surface area (Å²) in [7, 11) is 0. The van der Waals surface area contributed by atoms with Gasteiger partial charge in [-0.25, -0.2) is 14.2 Å². The molecule has 0 amide bonds. The predicted octanol–water partition coefficient (Wildman–Crippen LogP) is 4.71. The normalized spacial score (nSPS) is 10.9. The largest absolute Gasteiger partial charge is 0.456 e. The third-order valence-corrected chi connectivity index (χ3v) is 4.18. The second kappa shape index (κ2) is 7.66. The van der Waals surface area contributed by atoms with Crippen LogP contribution >= 0.6 is 11.3 Å². The van der Waals surface area contributed by atoms with Gasteiger partial charge >= 0.3 is 5.97 Å². The molecule has 0 radical (unpaired) electrons. The molecule has 0 saturated heterocycles. The molecule has 0 N–H and O–H groups in total. The number of thiazole rings is 1. The van der Waals surface area contributed by atoms with Crippen molar-refractivity contribution < 1.29 is 13.9 Å². The first-order valence-electron chi connectivity index (χ1n) is 7.31. The standard InChI is InChI=1S/C19H14FNO2S/c20-17-9-5-4-6-14(17)10-11-18(22)23-12-16-13-24-19(21-16)15-7-2-1-3-8-15/h1-11,13H,12H2. The zero-order chi connectivity index (χ0) is 16.8. The van der Waals surface area contributed by atoms with E-state index in [9.17, 15) is 9.18 Å². The minimum Gasteiger partial charge on any atom is -0.456 e. The Hall–Kier alpha value is -2.79. The van der Waals surface area contributed by atoms with Gasteiger partial charge in [0.05, 0.1) is 5.69 Å². The fourth-order valence-corrected chi connectivity index (χ4v) is 2.86. The monoisotopic (exact) mass is 339 g/mol. The summed E-state index contributed by atoms with van der Waals surface area (Å²) in [5.41, 5.74) is 2.06. The Balaban J connectivity index is 1.57. The molecule has 0 aliphatic heterocycles. The van der Waals surface area contributed by atoms with Gasteiger partial charge in [-0.05, 0) is 12.1 Å². The molecule has 0 atom stereocenters. The molecule has 0 spiro atoms. The van der Waals surface area contributed by atoms with Gasteiger partial charge < -0.3 is 4.74 Å². The van der Waals surface area contributed by atoms with Crippen molar-refractivity contribution in [3.8, 4) is 10.6 Å². The molecule has 2 aromatic carbocycles. The molecule has 3 rings (SSSR count). The van der Waals surface area contributed by atoms with E-state index in [1.807, 2.05) is 35.7 Å². The lowest BCUT2D eigenvalue weighted by Crippen LogP contribution is -2.01. The van der Waals surface area contributed by atoms with E-state index in [-0.39, 0.29) is 12.4 Å². The number of ether oxygens (including phenoxy) is 1. The zero-order valence-corrected chi connectivity index (χ0v) is 13.5. The molecule has 0 aliphatic carbocycles. The molecule has 0 bridgehead atoms. The van der Waals surface area contributed by atoms with Gasteiger partial charge in [0, 0.05) is 22.6 Å². The molecule has 24 heavy (non-hydrogen) atoms. The number of esters is 1. The Morgan fingerprint density at radius 1 is 1.12 bits per heavy atom. The first kappa shape index (κ1) is 16.1. The Morgan fingerprint density at radius 3 is 2.67 bits per heavy atom. The minimum absolute atomic E-state index is 0.0871. The maximum atomic E-state index is 13.4. The molecule has 3 nitrogen and oxygen atoms in total. The molecule has 1 heterocycles. The second-order valence-corrected chi connectivity index (χ2v) is 5.83. The average molecular weight is 339 g/mol. The lowest BCUT2D eigenvalue weighted by Gasteiger charge is -1.99. The number of halogens is 1.